The normalized spacial score (nSPS) is 10.9. The third kappa shape index (κ3) is 4.51. The molecule has 0 radical (unpaired) electrons. The van der Waals surface area contributed by atoms with Gasteiger partial charge in [0.25, 0.3) is 0 Å². The average Bonchev–Trinajstić information content (AvgIpc) is 3.18. The number of thiazole rings is 1. The molecule has 0 aliphatic carbocycles. The minimum absolute atomic E-state index is 0.639. The van der Waals surface area contributed by atoms with Gasteiger partial charge < -0.3 is 5.32 Å². The molecule has 2 heterocycles. The molecule has 2 aromatic heterocycles. The zero-order valence-electron chi connectivity index (χ0n) is 16.9. The summed E-state index contributed by atoms with van der Waals surface area (Å²) in [6.45, 7) is 6.75. The first-order valence-corrected chi connectivity index (χ1v) is 10.6. The van der Waals surface area contributed by atoms with Crippen molar-refractivity contribution in [2.75, 3.05) is 5.32 Å². The zero-order valence-corrected chi connectivity index (χ0v) is 17.8. The van der Waals surface area contributed by atoms with Crippen molar-refractivity contribution in [2.24, 2.45) is 0 Å². The number of aromatic nitrogens is 3. The highest BCUT2D eigenvalue weighted by atomic mass is 32.1. The van der Waals surface area contributed by atoms with E-state index >= 15 is 0 Å². The number of rotatable bonds is 6. The van der Waals surface area contributed by atoms with Gasteiger partial charge in [-0.05, 0) is 31.9 Å². The summed E-state index contributed by atoms with van der Waals surface area (Å²) >= 11 is 1.68. The van der Waals surface area contributed by atoms with Gasteiger partial charge in [0, 0.05) is 28.6 Å². The van der Waals surface area contributed by atoms with Gasteiger partial charge >= 0.3 is 0 Å². The Morgan fingerprint density at radius 2 is 1.62 bits per heavy atom. The maximum absolute atomic E-state index is 4.83. The van der Waals surface area contributed by atoms with Crippen LogP contribution in [0.15, 0.2) is 60.0 Å². The highest BCUT2D eigenvalue weighted by Crippen LogP contribution is 2.27. The van der Waals surface area contributed by atoms with Crippen molar-refractivity contribution in [1.29, 1.82) is 0 Å². The number of anilines is 1. The van der Waals surface area contributed by atoms with Gasteiger partial charge in [-0.15, -0.1) is 11.3 Å². The van der Waals surface area contributed by atoms with Crippen molar-refractivity contribution in [3.8, 4) is 10.6 Å². The Morgan fingerprint density at radius 1 is 0.862 bits per heavy atom. The summed E-state index contributed by atoms with van der Waals surface area (Å²) in [6, 6.07) is 18.8. The summed E-state index contributed by atoms with van der Waals surface area (Å²) in [5.41, 5.74) is 6.86. The molecule has 0 unspecified atom stereocenters. The maximum Gasteiger partial charge on any atom is 0.133 e. The summed E-state index contributed by atoms with van der Waals surface area (Å²) in [7, 11) is 0. The summed E-state index contributed by atoms with van der Waals surface area (Å²) in [5.74, 6) is 1.67. The molecule has 4 aromatic rings. The van der Waals surface area contributed by atoms with Crippen molar-refractivity contribution in [1.82, 2.24) is 15.0 Å². The molecule has 0 saturated carbocycles. The molecule has 2 aromatic carbocycles. The first-order chi connectivity index (χ1) is 14.1. The van der Waals surface area contributed by atoms with E-state index in [1.165, 1.54) is 16.7 Å². The van der Waals surface area contributed by atoms with Gasteiger partial charge in [0.2, 0.25) is 0 Å². The average molecular weight is 401 g/mol. The maximum atomic E-state index is 4.83. The van der Waals surface area contributed by atoms with Crippen LogP contribution in [0.25, 0.3) is 10.6 Å². The lowest BCUT2D eigenvalue weighted by Crippen LogP contribution is -2.10. The van der Waals surface area contributed by atoms with Crippen molar-refractivity contribution in [2.45, 2.75) is 33.7 Å². The van der Waals surface area contributed by atoms with E-state index < -0.39 is 0 Å². The molecule has 0 bridgehead atoms. The molecular weight excluding hydrogens is 376 g/mol. The van der Waals surface area contributed by atoms with E-state index in [0.29, 0.717) is 6.54 Å². The second-order valence-electron chi connectivity index (χ2n) is 7.16. The molecular formula is C24H24N4S. The van der Waals surface area contributed by atoms with Gasteiger partial charge in [0.15, 0.2) is 0 Å². The summed E-state index contributed by atoms with van der Waals surface area (Å²) < 4.78 is 0. The SMILES string of the molecule is Cc1nc(C)c(Cc2ccccc2)c(NCc2csc(-c3ccccc3C)n2)n1. The lowest BCUT2D eigenvalue weighted by atomic mass is 10.0. The van der Waals surface area contributed by atoms with Crippen molar-refractivity contribution in [3.05, 3.63) is 93.9 Å². The van der Waals surface area contributed by atoms with Crippen LogP contribution in [0, 0.1) is 20.8 Å². The van der Waals surface area contributed by atoms with Crippen LogP contribution in [-0.4, -0.2) is 15.0 Å². The third-order valence-corrected chi connectivity index (χ3v) is 5.84. The van der Waals surface area contributed by atoms with E-state index in [1.807, 2.05) is 13.0 Å². The Bertz CT molecular complexity index is 1120. The van der Waals surface area contributed by atoms with Crippen LogP contribution < -0.4 is 5.32 Å². The second kappa shape index (κ2) is 8.53. The fourth-order valence-electron chi connectivity index (χ4n) is 3.39. The Hall–Kier alpha value is -3.05. The van der Waals surface area contributed by atoms with Crippen LogP contribution in [0.3, 0.4) is 0 Å². The van der Waals surface area contributed by atoms with E-state index in [4.69, 9.17) is 4.98 Å². The standard InChI is InChI=1S/C24H24N4S/c1-16-9-7-8-12-21(16)24-28-20(15-29-24)14-25-23-22(17(2)26-18(3)27-23)13-19-10-5-4-6-11-19/h4-12,15H,13-14H2,1-3H3,(H,25,26,27). The zero-order chi connectivity index (χ0) is 20.2. The van der Waals surface area contributed by atoms with E-state index in [1.54, 1.807) is 11.3 Å². The van der Waals surface area contributed by atoms with Gasteiger partial charge in [-0.1, -0.05) is 54.6 Å². The summed E-state index contributed by atoms with van der Waals surface area (Å²) in [5, 5.41) is 6.68. The van der Waals surface area contributed by atoms with E-state index in [-0.39, 0.29) is 0 Å². The fourth-order valence-corrected chi connectivity index (χ4v) is 4.30. The molecule has 0 aliphatic rings. The molecule has 0 spiro atoms. The molecule has 5 heteroatoms. The van der Waals surface area contributed by atoms with Crippen LogP contribution in [-0.2, 0) is 13.0 Å². The summed E-state index contributed by atoms with van der Waals surface area (Å²) in [4.78, 5) is 14.1. The lowest BCUT2D eigenvalue weighted by Gasteiger charge is -2.14. The number of hydrogen-bond donors (Lipinski definition) is 1. The quantitative estimate of drug-likeness (QED) is 0.449. The van der Waals surface area contributed by atoms with Crippen molar-refractivity contribution < 1.29 is 0 Å². The fraction of sp³-hybridized carbons (Fsp3) is 0.208. The largest absolute Gasteiger partial charge is 0.364 e. The Morgan fingerprint density at radius 3 is 2.41 bits per heavy atom. The molecule has 0 amide bonds. The molecule has 146 valence electrons. The van der Waals surface area contributed by atoms with Crippen LogP contribution >= 0.6 is 11.3 Å². The monoisotopic (exact) mass is 400 g/mol. The lowest BCUT2D eigenvalue weighted by molar-refractivity contribution is 0.940. The molecule has 4 nitrogen and oxygen atoms in total. The molecule has 0 saturated heterocycles. The highest BCUT2D eigenvalue weighted by molar-refractivity contribution is 7.13. The molecule has 29 heavy (non-hydrogen) atoms. The Kier molecular flexibility index (Phi) is 5.67. The van der Waals surface area contributed by atoms with Crippen molar-refractivity contribution >= 4 is 17.2 Å². The number of hydrogen-bond acceptors (Lipinski definition) is 5. The third-order valence-electron chi connectivity index (χ3n) is 4.91. The van der Waals surface area contributed by atoms with Crippen LogP contribution in [0.5, 0.6) is 0 Å². The molecule has 4 rings (SSSR count). The number of benzene rings is 2. The predicted octanol–water partition coefficient (Wildman–Crippen LogP) is 5.73. The molecule has 0 aliphatic heterocycles. The smallest absolute Gasteiger partial charge is 0.133 e. The molecule has 1 N–H and O–H groups in total. The predicted molar refractivity (Wildman–Crippen MR) is 120 cm³/mol. The van der Waals surface area contributed by atoms with Gasteiger partial charge in [-0.25, -0.2) is 15.0 Å². The number of nitrogens with one attached hydrogen (secondary N) is 1. The Labute approximate surface area is 175 Å². The minimum Gasteiger partial charge on any atom is -0.364 e. The first-order valence-electron chi connectivity index (χ1n) is 9.72. The van der Waals surface area contributed by atoms with Crippen LogP contribution in [0.4, 0.5) is 5.82 Å². The van der Waals surface area contributed by atoms with E-state index in [9.17, 15) is 0 Å². The summed E-state index contributed by atoms with van der Waals surface area (Å²) in [6.07, 6.45) is 0.806. The number of nitrogens with zero attached hydrogens (tertiary/aromatic N) is 3. The van der Waals surface area contributed by atoms with E-state index in [2.05, 4.69) is 83.0 Å². The van der Waals surface area contributed by atoms with Gasteiger partial charge in [-0.3, -0.25) is 0 Å². The molecule has 0 atom stereocenters. The topological polar surface area (TPSA) is 50.7 Å². The second-order valence-corrected chi connectivity index (χ2v) is 8.02. The van der Waals surface area contributed by atoms with E-state index in [0.717, 1.165) is 40.0 Å². The first kappa shape index (κ1) is 19.3. The van der Waals surface area contributed by atoms with Crippen LogP contribution in [0.2, 0.25) is 0 Å². The molecule has 0 fully saturated rings. The minimum atomic E-state index is 0.639. The van der Waals surface area contributed by atoms with Crippen molar-refractivity contribution in [3.63, 3.8) is 0 Å². The Balaban J connectivity index is 1.55. The van der Waals surface area contributed by atoms with Gasteiger partial charge in [0.1, 0.15) is 16.6 Å². The van der Waals surface area contributed by atoms with Gasteiger partial charge in [-0.2, -0.15) is 0 Å². The van der Waals surface area contributed by atoms with Crippen LogP contribution in [0.1, 0.15) is 33.9 Å². The number of aryl methyl sites for hydroxylation is 3. The van der Waals surface area contributed by atoms with Gasteiger partial charge in [0.05, 0.1) is 12.2 Å². The highest BCUT2D eigenvalue weighted by Gasteiger charge is 2.12.